The molecule has 1 aromatic rings. The van der Waals surface area contributed by atoms with Crippen LogP contribution in [0.3, 0.4) is 0 Å². The fourth-order valence-electron chi connectivity index (χ4n) is 3.22. The van der Waals surface area contributed by atoms with Crippen LogP contribution in [0.4, 0.5) is 5.69 Å². The summed E-state index contributed by atoms with van der Waals surface area (Å²) in [6.07, 6.45) is 0.480. The molecule has 146 valence electrons. The quantitative estimate of drug-likeness (QED) is 0.549. The van der Waals surface area contributed by atoms with Gasteiger partial charge in [0.15, 0.2) is 0 Å². The van der Waals surface area contributed by atoms with Crippen LogP contribution in [-0.2, 0) is 9.59 Å². The van der Waals surface area contributed by atoms with Gasteiger partial charge in [-0.15, -0.1) is 0 Å². The van der Waals surface area contributed by atoms with Gasteiger partial charge in [0.25, 0.3) is 11.6 Å². The summed E-state index contributed by atoms with van der Waals surface area (Å²) in [6.45, 7) is 4.35. The monoisotopic (exact) mass is 377 g/mol. The number of hydrogen-bond donors (Lipinski definition) is 2. The van der Waals surface area contributed by atoms with Crippen molar-refractivity contribution < 1.29 is 24.4 Å². The summed E-state index contributed by atoms with van der Waals surface area (Å²) in [5.41, 5.74) is -0.765. The molecule has 1 aliphatic heterocycles. The Balaban J connectivity index is 1.85. The Morgan fingerprint density at radius 3 is 2.41 bits per heavy atom. The predicted octanol–water partition coefficient (Wildman–Crippen LogP) is 1.67. The standard InChI is InChI=1S/C18H23N3O6/c1-12(2)18(17(24)25)8-10-20(11-18)15(22)7-9-19-16(23)13-3-5-14(6-4-13)21(26)27/h3-6,12H,7-11H2,1-2H3,(H,19,23)(H,24,25). The number of amides is 2. The van der Waals surface area contributed by atoms with Gasteiger partial charge in [-0.25, -0.2) is 0 Å². The molecule has 1 aliphatic rings. The van der Waals surface area contributed by atoms with Crippen LogP contribution in [0.5, 0.6) is 0 Å². The van der Waals surface area contributed by atoms with Gasteiger partial charge in [-0.05, 0) is 24.5 Å². The number of rotatable bonds is 7. The maximum Gasteiger partial charge on any atom is 0.311 e. The molecule has 27 heavy (non-hydrogen) atoms. The second kappa shape index (κ2) is 8.15. The third-order valence-electron chi connectivity index (χ3n) is 5.15. The maximum absolute atomic E-state index is 12.3. The summed E-state index contributed by atoms with van der Waals surface area (Å²) in [4.78, 5) is 47.6. The Kier molecular flexibility index (Phi) is 6.14. The maximum atomic E-state index is 12.3. The number of carbonyl (C=O) groups excluding carboxylic acids is 2. The van der Waals surface area contributed by atoms with Crippen LogP contribution >= 0.6 is 0 Å². The zero-order valence-corrected chi connectivity index (χ0v) is 15.3. The number of benzene rings is 1. The van der Waals surface area contributed by atoms with Gasteiger partial charge in [-0.2, -0.15) is 0 Å². The number of carbonyl (C=O) groups is 3. The van der Waals surface area contributed by atoms with Crippen LogP contribution < -0.4 is 5.32 Å². The highest BCUT2D eigenvalue weighted by Gasteiger charge is 2.48. The third-order valence-corrected chi connectivity index (χ3v) is 5.15. The molecule has 0 radical (unpaired) electrons. The molecule has 0 spiro atoms. The number of likely N-dealkylation sites (tertiary alicyclic amines) is 1. The summed E-state index contributed by atoms with van der Waals surface area (Å²) in [5, 5.41) is 22.7. The average Bonchev–Trinajstić information content (AvgIpc) is 3.08. The molecule has 9 nitrogen and oxygen atoms in total. The lowest BCUT2D eigenvalue weighted by Crippen LogP contribution is -2.41. The summed E-state index contributed by atoms with van der Waals surface area (Å²) in [5.74, 6) is -1.61. The predicted molar refractivity (Wildman–Crippen MR) is 96.2 cm³/mol. The fourth-order valence-corrected chi connectivity index (χ4v) is 3.22. The molecule has 2 N–H and O–H groups in total. The van der Waals surface area contributed by atoms with Crippen molar-refractivity contribution in [2.45, 2.75) is 26.7 Å². The topological polar surface area (TPSA) is 130 Å². The van der Waals surface area contributed by atoms with E-state index in [1.54, 1.807) is 0 Å². The van der Waals surface area contributed by atoms with E-state index < -0.39 is 22.2 Å². The summed E-state index contributed by atoms with van der Waals surface area (Å²) < 4.78 is 0. The fraction of sp³-hybridized carbons (Fsp3) is 0.500. The molecule has 2 amide bonds. The van der Waals surface area contributed by atoms with Gasteiger partial charge in [0.05, 0.1) is 10.3 Å². The molecule has 1 heterocycles. The van der Waals surface area contributed by atoms with Gasteiger partial charge in [-0.1, -0.05) is 13.8 Å². The van der Waals surface area contributed by atoms with Crippen molar-refractivity contribution in [3.63, 3.8) is 0 Å². The number of nitro benzene ring substituents is 1. The van der Waals surface area contributed by atoms with E-state index >= 15 is 0 Å². The first kappa shape index (κ1) is 20.3. The highest BCUT2D eigenvalue weighted by atomic mass is 16.6. The smallest absolute Gasteiger partial charge is 0.311 e. The molecule has 0 saturated carbocycles. The molecule has 1 fully saturated rings. The van der Waals surface area contributed by atoms with E-state index in [4.69, 9.17) is 0 Å². The number of carboxylic acid groups (broad SMARTS) is 1. The minimum Gasteiger partial charge on any atom is -0.481 e. The van der Waals surface area contributed by atoms with Gasteiger partial charge in [-0.3, -0.25) is 24.5 Å². The van der Waals surface area contributed by atoms with E-state index in [1.807, 2.05) is 13.8 Å². The first-order chi connectivity index (χ1) is 12.7. The number of hydrogen-bond acceptors (Lipinski definition) is 5. The molecule has 1 atom stereocenters. The van der Waals surface area contributed by atoms with Crippen LogP contribution in [-0.4, -0.2) is 52.3 Å². The zero-order chi connectivity index (χ0) is 20.2. The van der Waals surface area contributed by atoms with Crippen LogP contribution in [0.2, 0.25) is 0 Å². The lowest BCUT2D eigenvalue weighted by atomic mass is 9.76. The van der Waals surface area contributed by atoms with Gasteiger partial charge in [0.1, 0.15) is 0 Å². The number of carboxylic acids is 1. The van der Waals surface area contributed by atoms with Gasteiger partial charge < -0.3 is 15.3 Å². The molecule has 0 aliphatic carbocycles. The van der Waals surface area contributed by atoms with Crippen molar-refractivity contribution in [3.05, 3.63) is 39.9 Å². The Morgan fingerprint density at radius 2 is 1.93 bits per heavy atom. The zero-order valence-electron chi connectivity index (χ0n) is 15.3. The number of non-ortho nitro benzene ring substituents is 1. The largest absolute Gasteiger partial charge is 0.481 e. The molecule has 9 heteroatoms. The summed E-state index contributed by atoms with van der Waals surface area (Å²) >= 11 is 0. The van der Waals surface area contributed by atoms with E-state index in [0.717, 1.165) is 0 Å². The Labute approximate surface area is 156 Å². The van der Waals surface area contributed by atoms with Crippen molar-refractivity contribution in [3.8, 4) is 0 Å². The molecule has 2 rings (SSSR count). The normalized spacial score (nSPS) is 19.1. The van der Waals surface area contributed by atoms with Crippen LogP contribution in [0.15, 0.2) is 24.3 Å². The van der Waals surface area contributed by atoms with Crippen LogP contribution in [0.25, 0.3) is 0 Å². The summed E-state index contributed by atoms with van der Waals surface area (Å²) in [7, 11) is 0. The van der Waals surface area contributed by atoms with Gasteiger partial charge >= 0.3 is 5.97 Å². The SMILES string of the molecule is CC(C)C1(C(=O)O)CCN(C(=O)CCNC(=O)c2ccc([N+](=O)[O-])cc2)C1. The van der Waals surface area contributed by atoms with Crippen molar-refractivity contribution in [1.29, 1.82) is 0 Å². The lowest BCUT2D eigenvalue weighted by Gasteiger charge is -2.28. The molecular formula is C18H23N3O6. The molecular weight excluding hydrogens is 354 g/mol. The number of nitrogens with zero attached hydrogens (tertiary/aromatic N) is 2. The highest BCUT2D eigenvalue weighted by Crippen LogP contribution is 2.38. The van der Waals surface area contributed by atoms with Crippen LogP contribution in [0, 0.1) is 21.4 Å². The highest BCUT2D eigenvalue weighted by molar-refractivity contribution is 5.94. The molecule has 0 aromatic heterocycles. The van der Waals surface area contributed by atoms with E-state index in [1.165, 1.54) is 29.2 Å². The first-order valence-electron chi connectivity index (χ1n) is 8.71. The minimum absolute atomic E-state index is 0.0620. The second-order valence-corrected chi connectivity index (χ2v) is 6.99. The van der Waals surface area contributed by atoms with Gasteiger partial charge in [0, 0.05) is 43.8 Å². The number of aliphatic carboxylic acids is 1. The van der Waals surface area contributed by atoms with E-state index in [9.17, 15) is 29.6 Å². The second-order valence-electron chi connectivity index (χ2n) is 6.99. The van der Waals surface area contributed by atoms with E-state index in [0.29, 0.717) is 13.0 Å². The van der Waals surface area contributed by atoms with Gasteiger partial charge in [0.2, 0.25) is 5.91 Å². The van der Waals surface area contributed by atoms with Crippen molar-refractivity contribution in [2.75, 3.05) is 19.6 Å². The Morgan fingerprint density at radius 1 is 1.30 bits per heavy atom. The van der Waals surface area contributed by atoms with Crippen molar-refractivity contribution >= 4 is 23.5 Å². The minimum atomic E-state index is -0.919. The van der Waals surface area contributed by atoms with E-state index in [2.05, 4.69) is 5.32 Å². The average molecular weight is 377 g/mol. The molecule has 1 aromatic carbocycles. The van der Waals surface area contributed by atoms with Crippen molar-refractivity contribution in [2.24, 2.45) is 11.3 Å². The number of nitrogens with one attached hydrogen (secondary N) is 1. The Hall–Kier alpha value is -2.97. The molecule has 0 bridgehead atoms. The molecule has 1 saturated heterocycles. The lowest BCUT2D eigenvalue weighted by molar-refractivity contribution is -0.384. The summed E-state index contributed by atoms with van der Waals surface area (Å²) in [6, 6.07) is 5.17. The molecule has 1 unspecified atom stereocenters. The Bertz CT molecular complexity index is 746. The third kappa shape index (κ3) is 4.42. The number of nitro groups is 1. The first-order valence-corrected chi connectivity index (χ1v) is 8.71. The van der Waals surface area contributed by atoms with Crippen LogP contribution in [0.1, 0.15) is 37.0 Å². The van der Waals surface area contributed by atoms with Crippen molar-refractivity contribution in [1.82, 2.24) is 10.2 Å². The van der Waals surface area contributed by atoms with E-state index in [-0.39, 0.29) is 42.6 Å².